The molecule has 0 aliphatic carbocycles. The van der Waals surface area contributed by atoms with E-state index < -0.39 is 21.9 Å². The van der Waals surface area contributed by atoms with Gasteiger partial charge in [-0.15, -0.1) is 0 Å². The number of nitrogens with one attached hydrogen (secondary N) is 1. The summed E-state index contributed by atoms with van der Waals surface area (Å²) in [5.41, 5.74) is 1.03. The maximum Gasteiger partial charge on any atom is 0.325 e. The Morgan fingerprint density at radius 3 is 2.60 bits per heavy atom. The van der Waals surface area contributed by atoms with Crippen molar-refractivity contribution in [2.24, 2.45) is 0 Å². The first kappa shape index (κ1) is 22.0. The smallest absolute Gasteiger partial charge is 0.325 e. The van der Waals surface area contributed by atoms with Crippen molar-refractivity contribution in [2.45, 2.75) is 43.7 Å². The maximum absolute atomic E-state index is 13.0. The van der Waals surface area contributed by atoms with E-state index in [2.05, 4.69) is 5.32 Å². The molecule has 1 saturated heterocycles. The highest BCUT2D eigenvalue weighted by molar-refractivity contribution is 7.89. The van der Waals surface area contributed by atoms with Crippen molar-refractivity contribution in [1.82, 2.24) is 9.62 Å². The summed E-state index contributed by atoms with van der Waals surface area (Å²) >= 11 is 0. The number of benzene rings is 2. The van der Waals surface area contributed by atoms with Crippen LogP contribution in [-0.2, 0) is 26.2 Å². The van der Waals surface area contributed by atoms with Gasteiger partial charge in [-0.25, -0.2) is 8.42 Å². The van der Waals surface area contributed by atoms with Crippen LogP contribution in [0.1, 0.15) is 42.1 Å². The first-order valence-corrected chi connectivity index (χ1v) is 11.4. The molecule has 8 heteroatoms. The van der Waals surface area contributed by atoms with Gasteiger partial charge in [0, 0.05) is 18.2 Å². The molecule has 0 aromatic heterocycles. The number of piperidine rings is 1. The van der Waals surface area contributed by atoms with Gasteiger partial charge in [0.1, 0.15) is 13.2 Å². The predicted octanol–water partition coefficient (Wildman–Crippen LogP) is 2.72. The van der Waals surface area contributed by atoms with Gasteiger partial charge < -0.3 is 10.1 Å². The van der Waals surface area contributed by atoms with E-state index in [-0.39, 0.29) is 29.7 Å². The topological polar surface area (TPSA) is 92.8 Å². The Kier molecular flexibility index (Phi) is 7.23. The molecule has 1 N–H and O–H groups in total. The lowest BCUT2D eigenvalue weighted by Gasteiger charge is -2.32. The number of nitrogens with zero attached hydrogens (tertiary/aromatic N) is 1. The summed E-state index contributed by atoms with van der Waals surface area (Å²) in [7, 11) is -3.68. The second kappa shape index (κ2) is 9.86. The predicted molar refractivity (Wildman–Crippen MR) is 112 cm³/mol. The monoisotopic (exact) mass is 430 g/mol. The molecule has 2 aromatic rings. The van der Waals surface area contributed by atoms with E-state index >= 15 is 0 Å². The van der Waals surface area contributed by atoms with E-state index in [1.807, 2.05) is 37.3 Å². The highest BCUT2D eigenvalue weighted by atomic mass is 32.2. The van der Waals surface area contributed by atoms with Crippen LogP contribution in [-0.4, -0.2) is 43.7 Å². The lowest BCUT2D eigenvalue weighted by atomic mass is 10.1. The molecule has 2 aromatic carbocycles. The third-order valence-electron chi connectivity index (χ3n) is 5.08. The molecule has 3 rings (SSSR count). The largest absolute Gasteiger partial charge is 0.460 e. The molecule has 160 valence electrons. The average molecular weight is 431 g/mol. The van der Waals surface area contributed by atoms with Crippen molar-refractivity contribution in [2.75, 3.05) is 13.1 Å². The zero-order chi connectivity index (χ0) is 21.6. The van der Waals surface area contributed by atoms with Crippen LogP contribution in [0, 0.1) is 0 Å². The molecule has 0 spiro atoms. The van der Waals surface area contributed by atoms with Gasteiger partial charge in [0.15, 0.2) is 0 Å². The second-order valence-corrected chi connectivity index (χ2v) is 9.21. The summed E-state index contributed by atoms with van der Waals surface area (Å²) in [4.78, 5) is 24.4. The molecule has 30 heavy (non-hydrogen) atoms. The highest BCUT2D eigenvalue weighted by Gasteiger charge is 2.31. The van der Waals surface area contributed by atoms with E-state index in [0.717, 1.165) is 24.8 Å². The van der Waals surface area contributed by atoms with Gasteiger partial charge in [-0.2, -0.15) is 4.31 Å². The molecule has 0 saturated carbocycles. The minimum atomic E-state index is -3.68. The number of esters is 1. The molecule has 1 atom stereocenters. The SMILES string of the molecule is CC1CCCCN1S(=O)(=O)c1cccc(C(=O)NCC(=O)OCc2ccccc2)c1. The number of hydrogen-bond acceptors (Lipinski definition) is 5. The van der Waals surface area contributed by atoms with Gasteiger partial charge in [0.2, 0.25) is 10.0 Å². The molecular formula is C22H26N2O5S. The first-order chi connectivity index (χ1) is 14.4. The molecule has 1 unspecified atom stereocenters. The zero-order valence-electron chi connectivity index (χ0n) is 16.9. The maximum atomic E-state index is 13.0. The van der Waals surface area contributed by atoms with Gasteiger partial charge >= 0.3 is 5.97 Å². The number of carbonyl (C=O) groups is 2. The minimum absolute atomic E-state index is 0.0689. The summed E-state index contributed by atoms with van der Waals surface area (Å²) < 4.78 is 32.6. The second-order valence-electron chi connectivity index (χ2n) is 7.32. The minimum Gasteiger partial charge on any atom is -0.460 e. The van der Waals surface area contributed by atoms with Crippen LogP contribution < -0.4 is 5.32 Å². The van der Waals surface area contributed by atoms with Crippen molar-refractivity contribution in [1.29, 1.82) is 0 Å². The fourth-order valence-corrected chi connectivity index (χ4v) is 5.15. The molecular weight excluding hydrogens is 404 g/mol. The lowest BCUT2D eigenvalue weighted by Crippen LogP contribution is -2.42. The Balaban J connectivity index is 1.59. The van der Waals surface area contributed by atoms with E-state index in [1.165, 1.54) is 28.6 Å². The van der Waals surface area contributed by atoms with Gasteiger partial charge in [0.05, 0.1) is 4.90 Å². The number of amides is 1. The molecule has 1 amide bonds. The van der Waals surface area contributed by atoms with Gasteiger partial charge in [-0.1, -0.05) is 42.8 Å². The van der Waals surface area contributed by atoms with E-state index in [4.69, 9.17) is 4.74 Å². The summed E-state index contributed by atoms with van der Waals surface area (Å²) in [6.07, 6.45) is 2.66. The fourth-order valence-electron chi connectivity index (χ4n) is 3.41. The van der Waals surface area contributed by atoms with Gasteiger partial charge in [0.25, 0.3) is 5.91 Å². The van der Waals surface area contributed by atoms with Crippen LogP contribution in [0.2, 0.25) is 0 Å². The lowest BCUT2D eigenvalue weighted by molar-refractivity contribution is -0.143. The number of sulfonamides is 1. The number of ether oxygens (including phenoxy) is 1. The van der Waals surface area contributed by atoms with Crippen molar-refractivity contribution < 1.29 is 22.7 Å². The van der Waals surface area contributed by atoms with Crippen LogP contribution in [0.5, 0.6) is 0 Å². The van der Waals surface area contributed by atoms with Crippen molar-refractivity contribution in [3.63, 3.8) is 0 Å². The van der Waals surface area contributed by atoms with E-state index in [1.54, 1.807) is 0 Å². The molecule has 1 fully saturated rings. The molecule has 1 aliphatic heterocycles. The Hall–Kier alpha value is -2.71. The van der Waals surface area contributed by atoms with Crippen LogP contribution in [0.4, 0.5) is 0 Å². The van der Waals surface area contributed by atoms with E-state index in [0.29, 0.717) is 6.54 Å². The zero-order valence-corrected chi connectivity index (χ0v) is 17.7. The Morgan fingerprint density at radius 1 is 1.10 bits per heavy atom. The van der Waals surface area contributed by atoms with Crippen molar-refractivity contribution in [3.05, 3.63) is 65.7 Å². The molecule has 1 aliphatic rings. The standard InChI is InChI=1S/C22H26N2O5S/c1-17-8-5-6-13-24(17)30(27,28)20-12-7-11-19(14-20)22(26)23-15-21(25)29-16-18-9-3-2-4-10-18/h2-4,7,9-12,14,17H,5-6,8,13,15-16H2,1H3,(H,23,26). The normalized spacial score (nSPS) is 17.3. The first-order valence-electron chi connectivity index (χ1n) is 9.97. The number of carbonyl (C=O) groups excluding carboxylic acids is 2. The van der Waals surface area contributed by atoms with E-state index in [9.17, 15) is 18.0 Å². The van der Waals surface area contributed by atoms with Crippen LogP contribution >= 0.6 is 0 Å². The quantitative estimate of drug-likeness (QED) is 0.682. The number of rotatable bonds is 7. The molecule has 7 nitrogen and oxygen atoms in total. The molecule has 1 heterocycles. The fraction of sp³-hybridized carbons (Fsp3) is 0.364. The summed E-state index contributed by atoms with van der Waals surface area (Å²) in [6.45, 7) is 2.20. The van der Waals surface area contributed by atoms with Crippen molar-refractivity contribution in [3.8, 4) is 0 Å². The van der Waals surface area contributed by atoms with Crippen LogP contribution in [0.15, 0.2) is 59.5 Å². The Labute approximate surface area is 177 Å². The molecule has 0 bridgehead atoms. The highest BCUT2D eigenvalue weighted by Crippen LogP contribution is 2.25. The van der Waals surface area contributed by atoms with Crippen LogP contribution in [0.25, 0.3) is 0 Å². The summed E-state index contributed by atoms with van der Waals surface area (Å²) in [5.74, 6) is -1.10. The number of hydrogen-bond donors (Lipinski definition) is 1. The van der Waals surface area contributed by atoms with Crippen molar-refractivity contribution >= 4 is 21.9 Å². The third kappa shape index (κ3) is 5.46. The van der Waals surface area contributed by atoms with Gasteiger partial charge in [-0.05, 0) is 43.5 Å². The van der Waals surface area contributed by atoms with Crippen LogP contribution in [0.3, 0.4) is 0 Å². The van der Waals surface area contributed by atoms with Gasteiger partial charge in [-0.3, -0.25) is 9.59 Å². The third-order valence-corrected chi connectivity index (χ3v) is 7.09. The molecule has 0 radical (unpaired) electrons. The Morgan fingerprint density at radius 2 is 1.87 bits per heavy atom. The average Bonchev–Trinajstić information content (AvgIpc) is 2.77. The summed E-state index contributed by atoms with van der Waals surface area (Å²) in [5, 5.41) is 2.48. The summed E-state index contributed by atoms with van der Waals surface area (Å²) in [6, 6.07) is 15.0. The Bertz CT molecular complexity index is 992.